The van der Waals surface area contributed by atoms with Gasteiger partial charge in [0.15, 0.2) is 0 Å². The monoisotopic (exact) mass is 382 g/mol. The third-order valence-corrected chi connectivity index (χ3v) is 5.39. The summed E-state index contributed by atoms with van der Waals surface area (Å²) in [6.07, 6.45) is 4.77. The fourth-order valence-electron chi connectivity index (χ4n) is 3.80. The van der Waals surface area contributed by atoms with Crippen molar-refractivity contribution in [2.24, 2.45) is 5.92 Å². The van der Waals surface area contributed by atoms with Crippen molar-refractivity contribution in [3.05, 3.63) is 48.0 Å². The van der Waals surface area contributed by atoms with Crippen molar-refractivity contribution in [2.45, 2.75) is 38.1 Å². The van der Waals surface area contributed by atoms with Crippen LogP contribution in [0.25, 0.3) is 11.1 Å². The molecule has 2 aromatic rings. The van der Waals surface area contributed by atoms with Crippen LogP contribution in [-0.4, -0.2) is 30.1 Å². The first kappa shape index (κ1) is 19.7. The molecule has 6 heteroatoms. The van der Waals surface area contributed by atoms with Crippen molar-refractivity contribution in [1.29, 1.82) is 0 Å². The van der Waals surface area contributed by atoms with Gasteiger partial charge in [-0.05, 0) is 54.2 Å². The van der Waals surface area contributed by atoms with E-state index in [2.05, 4.69) is 5.32 Å². The number of hydrogen-bond acceptors (Lipinski definition) is 4. The summed E-state index contributed by atoms with van der Waals surface area (Å²) in [6, 6.07) is 11.8. The largest absolute Gasteiger partial charge is 0.497 e. The number of benzene rings is 2. The van der Waals surface area contributed by atoms with Crippen molar-refractivity contribution in [2.75, 3.05) is 12.8 Å². The summed E-state index contributed by atoms with van der Waals surface area (Å²) in [6.45, 7) is 0. The Labute approximate surface area is 164 Å². The number of hydrogen-bond donors (Lipinski definition) is 3. The van der Waals surface area contributed by atoms with Crippen LogP contribution < -0.4 is 15.8 Å². The molecule has 2 aromatic carbocycles. The average Bonchev–Trinajstić information content (AvgIpc) is 2.72. The summed E-state index contributed by atoms with van der Waals surface area (Å²) in [5.74, 6) is -0.712. The van der Waals surface area contributed by atoms with E-state index in [1.807, 2.05) is 30.3 Å². The van der Waals surface area contributed by atoms with Crippen LogP contribution in [0, 0.1) is 5.92 Å². The van der Waals surface area contributed by atoms with Crippen molar-refractivity contribution < 1.29 is 19.4 Å². The van der Waals surface area contributed by atoms with Gasteiger partial charge in [0.25, 0.3) is 5.91 Å². The third-order valence-electron chi connectivity index (χ3n) is 5.39. The van der Waals surface area contributed by atoms with Crippen LogP contribution in [0.5, 0.6) is 5.75 Å². The third kappa shape index (κ3) is 4.44. The Morgan fingerprint density at radius 1 is 1.07 bits per heavy atom. The maximum absolute atomic E-state index is 12.7. The quantitative estimate of drug-likeness (QED) is 0.661. The Balaban J connectivity index is 1.76. The molecule has 6 nitrogen and oxygen atoms in total. The first-order valence-electron chi connectivity index (χ1n) is 9.57. The van der Waals surface area contributed by atoms with Gasteiger partial charge in [0.2, 0.25) is 0 Å². The zero-order valence-electron chi connectivity index (χ0n) is 16.0. The van der Waals surface area contributed by atoms with Gasteiger partial charge < -0.3 is 20.9 Å². The van der Waals surface area contributed by atoms with Gasteiger partial charge in [-0.15, -0.1) is 0 Å². The number of nitrogen functional groups attached to an aromatic ring is 1. The molecule has 148 valence electrons. The maximum atomic E-state index is 12.7. The Morgan fingerprint density at radius 3 is 2.29 bits per heavy atom. The Hall–Kier alpha value is -3.02. The number of nitrogens with one attached hydrogen (secondary N) is 1. The van der Waals surface area contributed by atoms with Gasteiger partial charge in [-0.1, -0.05) is 37.5 Å². The Bertz CT molecular complexity index is 842. The molecular weight excluding hydrogens is 356 g/mol. The standard InChI is InChI=1S/C22H26N2O4/c1-28-17-10-7-14(8-11-17)16-9-12-18(19(23)13-16)21(25)24-20(22(26)27)15-5-3-2-4-6-15/h7-13,15,20H,2-6,23H2,1H3,(H,24,25)(H,26,27)/t20-/m0/s1. The highest BCUT2D eigenvalue weighted by Gasteiger charge is 2.31. The second-order valence-electron chi connectivity index (χ2n) is 7.22. The van der Waals surface area contributed by atoms with Crippen LogP contribution in [-0.2, 0) is 4.79 Å². The predicted molar refractivity (Wildman–Crippen MR) is 108 cm³/mol. The molecule has 0 saturated heterocycles. The number of carbonyl (C=O) groups is 2. The summed E-state index contributed by atoms with van der Waals surface area (Å²) in [7, 11) is 1.61. The lowest BCUT2D eigenvalue weighted by atomic mass is 9.83. The molecule has 1 atom stereocenters. The number of rotatable bonds is 6. The van der Waals surface area contributed by atoms with E-state index in [1.54, 1.807) is 19.2 Å². The lowest BCUT2D eigenvalue weighted by Gasteiger charge is -2.28. The predicted octanol–water partition coefficient (Wildman–Crippen LogP) is 3.71. The highest BCUT2D eigenvalue weighted by molar-refractivity contribution is 6.01. The van der Waals surface area contributed by atoms with Crippen molar-refractivity contribution in [3.63, 3.8) is 0 Å². The number of carboxylic acids is 1. The SMILES string of the molecule is COc1ccc(-c2ccc(C(=O)N[C@H](C(=O)O)C3CCCCC3)c(N)c2)cc1. The molecule has 1 amide bonds. The number of methoxy groups -OCH3 is 1. The zero-order valence-corrected chi connectivity index (χ0v) is 16.0. The summed E-state index contributed by atoms with van der Waals surface area (Å²) in [5, 5.41) is 12.3. The molecule has 0 unspecified atom stereocenters. The molecular formula is C22H26N2O4. The molecule has 0 aromatic heterocycles. The van der Waals surface area contributed by atoms with Gasteiger partial charge in [0, 0.05) is 5.69 Å². The van der Waals surface area contributed by atoms with Crippen molar-refractivity contribution in [3.8, 4) is 16.9 Å². The lowest BCUT2D eigenvalue weighted by Crippen LogP contribution is -2.46. The van der Waals surface area contributed by atoms with Crippen LogP contribution in [0.3, 0.4) is 0 Å². The van der Waals surface area contributed by atoms with Crippen LogP contribution in [0.15, 0.2) is 42.5 Å². The summed E-state index contributed by atoms with van der Waals surface area (Å²) in [5.41, 5.74) is 8.55. The van der Waals surface area contributed by atoms with Gasteiger partial charge in [-0.3, -0.25) is 4.79 Å². The number of carboxylic acid groups (broad SMARTS) is 1. The van der Waals surface area contributed by atoms with Crippen LogP contribution in [0.1, 0.15) is 42.5 Å². The normalized spacial score (nSPS) is 15.6. The molecule has 1 fully saturated rings. The fourth-order valence-corrected chi connectivity index (χ4v) is 3.80. The lowest BCUT2D eigenvalue weighted by molar-refractivity contribution is -0.141. The minimum absolute atomic E-state index is 0.0324. The Morgan fingerprint density at radius 2 is 1.71 bits per heavy atom. The Kier molecular flexibility index (Phi) is 6.19. The number of amides is 1. The first-order valence-corrected chi connectivity index (χ1v) is 9.57. The fraction of sp³-hybridized carbons (Fsp3) is 0.364. The van der Waals surface area contributed by atoms with E-state index >= 15 is 0 Å². The molecule has 1 aliphatic carbocycles. The summed E-state index contributed by atoms with van der Waals surface area (Å²) in [4.78, 5) is 24.4. The summed E-state index contributed by atoms with van der Waals surface area (Å²) < 4.78 is 5.16. The van der Waals surface area contributed by atoms with Crippen LogP contribution >= 0.6 is 0 Å². The van der Waals surface area contributed by atoms with E-state index in [9.17, 15) is 14.7 Å². The highest BCUT2D eigenvalue weighted by Crippen LogP contribution is 2.28. The van der Waals surface area contributed by atoms with Gasteiger partial charge in [-0.2, -0.15) is 0 Å². The number of carbonyl (C=O) groups excluding carboxylic acids is 1. The molecule has 3 rings (SSSR count). The van der Waals surface area contributed by atoms with E-state index < -0.39 is 17.9 Å². The van der Waals surface area contributed by atoms with Crippen molar-refractivity contribution >= 4 is 17.6 Å². The molecule has 0 heterocycles. The van der Waals surface area contributed by atoms with E-state index in [1.165, 1.54) is 0 Å². The zero-order chi connectivity index (χ0) is 20.1. The van der Waals surface area contributed by atoms with Gasteiger partial charge in [0.1, 0.15) is 11.8 Å². The number of ether oxygens (including phenoxy) is 1. The van der Waals surface area contributed by atoms with Gasteiger partial charge in [-0.25, -0.2) is 4.79 Å². The van der Waals surface area contributed by atoms with Crippen molar-refractivity contribution in [1.82, 2.24) is 5.32 Å². The molecule has 1 saturated carbocycles. The minimum Gasteiger partial charge on any atom is -0.497 e. The molecule has 0 bridgehead atoms. The molecule has 0 aliphatic heterocycles. The van der Waals surface area contributed by atoms with Gasteiger partial charge >= 0.3 is 5.97 Å². The smallest absolute Gasteiger partial charge is 0.326 e. The number of nitrogens with two attached hydrogens (primary N) is 1. The van der Waals surface area contributed by atoms with Gasteiger partial charge in [0.05, 0.1) is 12.7 Å². The molecule has 1 aliphatic rings. The van der Waals surface area contributed by atoms with E-state index in [4.69, 9.17) is 10.5 Å². The second-order valence-corrected chi connectivity index (χ2v) is 7.22. The van der Waals surface area contributed by atoms with E-state index in [0.717, 1.165) is 49.0 Å². The summed E-state index contributed by atoms with van der Waals surface area (Å²) >= 11 is 0. The molecule has 0 spiro atoms. The molecule has 0 radical (unpaired) electrons. The number of anilines is 1. The highest BCUT2D eigenvalue weighted by atomic mass is 16.5. The molecule has 28 heavy (non-hydrogen) atoms. The van der Waals surface area contributed by atoms with E-state index in [0.29, 0.717) is 11.3 Å². The maximum Gasteiger partial charge on any atom is 0.326 e. The first-order chi connectivity index (χ1) is 13.5. The molecule has 4 N–H and O–H groups in total. The van der Waals surface area contributed by atoms with E-state index in [-0.39, 0.29) is 5.92 Å². The topological polar surface area (TPSA) is 102 Å². The van der Waals surface area contributed by atoms with Crippen LogP contribution in [0.4, 0.5) is 5.69 Å². The number of aliphatic carboxylic acids is 1. The average molecular weight is 382 g/mol. The minimum atomic E-state index is -0.992. The van der Waals surface area contributed by atoms with Crippen LogP contribution in [0.2, 0.25) is 0 Å². The second kappa shape index (κ2) is 8.78.